The molecule has 0 amide bonds. The summed E-state index contributed by atoms with van der Waals surface area (Å²) in [6.07, 6.45) is 0. The van der Waals surface area contributed by atoms with E-state index in [0.29, 0.717) is 11.1 Å². The molecule has 0 atom stereocenters. The first-order valence-electron chi connectivity index (χ1n) is 27.2. The summed E-state index contributed by atoms with van der Waals surface area (Å²) in [5.74, 6) is 0. The standard InChI is InChI=1S/C74H42N6O/c75-43-45-17-25-51(26-18-45)77-65-13-5-1-9-55(65)61-37-47(21-33-69(61)77)49-23-35-71-63(39-49)57-11-3-7-15-67(57)79(71)53-29-31-59-60-32-30-54(42-74(60)81-73(59)41-53)80-68-16-8-4-12-58(68)64-40-50(24-36-72(64)80)48-22-34-70-62(38-48)56-10-2-6-14-66(56)78(70)52-27-19-46(44-76)20-28-52/h1-42H. The second-order valence-corrected chi connectivity index (χ2v) is 21.1. The molecule has 12 aromatic carbocycles. The van der Waals surface area contributed by atoms with E-state index in [1.807, 2.05) is 48.5 Å². The second kappa shape index (κ2) is 17.1. The Morgan fingerprint density at radius 1 is 0.235 bits per heavy atom. The molecule has 0 aliphatic heterocycles. The maximum absolute atomic E-state index is 9.48. The number of nitriles is 2. The number of para-hydroxylation sites is 4. The Labute approximate surface area is 463 Å². The number of furan rings is 1. The van der Waals surface area contributed by atoms with Gasteiger partial charge in [0.25, 0.3) is 0 Å². The van der Waals surface area contributed by atoms with Gasteiger partial charge in [0.05, 0.1) is 67.4 Å². The van der Waals surface area contributed by atoms with E-state index >= 15 is 0 Å². The van der Waals surface area contributed by atoms with Crippen LogP contribution in [0.4, 0.5) is 0 Å². The lowest BCUT2D eigenvalue weighted by molar-refractivity contribution is 0.668. The third-order valence-electron chi connectivity index (χ3n) is 16.8. The molecule has 5 aromatic heterocycles. The Bertz CT molecular complexity index is 5260. The van der Waals surface area contributed by atoms with Crippen LogP contribution in [0.5, 0.6) is 0 Å². The van der Waals surface area contributed by atoms with Gasteiger partial charge in [-0.05, 0) is 168 Å². The molecule has 0 saturated carbocycles. The van der Waals surface area contributed by atoms with Crippen molar-refractivity contribution in [3.05, 3.63) is 266 Å². The molecule has 7 nitrogen and oxygen atoms in total. The van der Waals surface area contributed by atoms with Crippen LogP contribution in [0.25, 0.3) is 154 Å². The van der Waals surface area contributed by atoms with Crippen LogP contribution in [0, 0.1) is 22.7 Å². The highest BCUT2D eigenvalue weighted by Gasteiger charge is 2.21. The predicted octanol–water partition coefficient (Wildman–Crippen LogP) is 19.1. The molecule has 5 heterocycles. The van der Waals surface area contributed by atoms with E-state index in [2.05, 4.69) is 237 Å². The number of rotatable bonds is 6. The minimum atomic E-state index is 0.645. The smallest absolute Gasteiger partial charge is 0.137 e. The van der Waals surface area contributed by atoms with E-state index in [-0.39, 0.29) is 0 Å². The summed E-state index contributed by atoms with van der Waals surface area (Å²) < 4.78 is 16.2. The maximum Gasteiger partial charge on any atom is 0.137 e. The van der Waals surface area contributed by atoms with Crippen LogP contribution in [0.2, 0.25) is 0 Å². The van der Waals surface area contributed by atoms with Gasteiger partial charge in [-0.1, -0.05) is 97.1 Å². The number of aromatic nitrogens is 4. The second-order valence-electron chi connectivity index (χ2n) is 21.1. The lowest BCUT2D eigenvalue weighted by Gasteiger charge is -2.09. The van der Waals surface area contributed by atoms with Crippen molar-refractivity contribution in [2.75, 3.05) is 0 Å². The Morgan fingerprint density at radius 2 is 0.506 bits per heavy atom. The molecule has 17 aromatic rings. The molecule has 0 bridgehead atoms. The summed E-state index contributed by atoms with van der Waals surface area (Å²) in [5.41, 5.74) is 20.7. The minimum Gasteiger partial charge on any atom is -0.456 e. The van der Waals surface area contributed by atoms with Crippen LogP contribution in [-0.2, 0) is 0 Å². The van der Waals surface area contributed by atoms with Gasteiger partial charge in [0, 0.05) is 88.7 Å². The Kier molecular flexibility index (Phi) is 9.42. The minimum absolute atomic E-state index is 0.645. The molecule has 0 saturated heterocycles. The quantitative estimate of drug-likeness (QED) is 0.166. The van der Waals surface area contributed by atoms with Crippen molar-refractivity contribution >= 4 is 109 Å². The lowest BCUT2D eigenvalue weighted by Crippen LogP contribution is -1.94. The van der Waals surface area contributed by atoms with E-state index in [1.54, 1.807) is 0 Å². The van der Waals surface area contributed by atoms with Gasteiger partial charge in [0.1, 0.15) is 11.2 Å². The Balaban J connectivity index is 0.737. The number of benzene rings is 12. The van der Waals surface area contributed by atoms with E-state index < -0.39 is 0 Å². The number of hydrogen-bond donors (Lipinski definition) is 0. The van der Waals surface area contributed by atoms with Crippen molar-refractivity contribution in [3.8, 4) is 57.1 Å². The topological polar surface area (TPSA) is 80.4 Å². The molecule has 7 heteroatoms. The summed E-state index contributed by atoms with van der Waals surface area (Å²) in [5, 5.41) is 30.6. The van der Waals surface area contributed by atoms with Gasteiger partial charge in [-0.2, -0.15) is 10.5 Å². The maximum atomic E-state index is 9.48. The van der Waals surface area contributed by atoms with Crippen LogP contribution in [0.15, 0.2) is 259 Å². The van der Waals surface area contributed by atoms with Crippen molar-refractivity contribution in [1.29, 1.82) is 10.5 Å². The van der Waals surface area contributed by atoms with Gasteiger partial charge in [0.15, 0.2) is 0 Å². The van der Waals surface area contributed by atoms with Gasteiger partial charge >= 0.3 is 0 Å². The molecular formula is C74H42N6O. The highest BCUT2D eigenvalue weighted by atomic mass is 16.3. The van der Waals surface area contributed by atoms with Gasteiger partial charge in [0.2, 0.25) is 0 Å². The first-order chi connectivity index (χ1) is 40.0. The van der Waals surface area contributed by atoms with E-state index in [0.717, 1.165) is 111 Å². The normalized spacial score (nSPS) is 11.9. The zero-order valence-electron chi connectivity index (χ0n) is 43.3. The zero-order valence-corrected chi connectivity index (χ0v) is 43.3. The third-order valence-corrected chi connectivity index (χ3v) is 16.8. The molecular weight excluding hydrogens is 989 g/mol. The largest absolute Gasteiger partial charge is 0.456 e. The van der Waals surface area contributed by atoms with Crippen LogP contribution in [0.1, 0.15) is 11.1 Å². The van der Waals surface area contributed by atoms with Crippen molar-refractivity contribution in [2.24, 2.45) is 0 Å². The molecule has 0 N–H and O–H groups in total. The van der Waals surface area contributed by atoms with Crippen LogP contribution in [0.3, 0.4) is 0 Å². The monoisotopic (exact) mass is 1030 g/mol. The summed E-state index contributed by atoms with van der Waals surface area (Å²) in [7, 11) is 0. The fourth-order valence-corrected chi connectivity index (χ4v) is 13.1. The lowest BCUT2D eigenvalue weighted by atomic mass is 10.0. The predicted molar refractivity (Wildman–Crippen MR) is 331 cm³/mol. The first-order valence-corrected chi connectivity index (χ1v) is 27.2. The number of nitrogens with zero attached hydrogens (tertiary/aromatic N) is 6. The van der Waals surface area contributed by atoms with Gasteiger partial charge in [-0.15, -0.1) is 0 Å². The molecule has 17 rings (SSSR count). The summed E-state index contributed by atoms with van der Waals surface area (Å²) in [6, 6.07) is 95.1. The molecule has 0 spiro atoms. The van der Waals surface area contributed by atoms with Crippen LogP contribution >= 0.6 is 0 Å². The fraction of sp³-hybridized carbons (Fsp3) is 0. The third kappa shape index (κ3) is 6.61. The molecule has 0 aliphatic rings. The van der Waals surface area contributed by atoms with Crippen LogP contribution < -0.4 is 0 Å². The molecule has 0 radical (unpaired) electrons. The van der Waals surface area contributed by atoms with Crippen molar-refractivity contribution in [2.45, 2.75) is 0 Å². The van der Waals surface area contributed by atoms with Crippen molar-refractivity contribution < 1.29 is 4.42 Å². The molecule has 374 valence electrons. The average molecular weight is 1030 g/mol. The Morgan fingerprint density at radius 3 is 0.815 bits per heavy atom. The fourth-order valence-electron chi connectivity index (χ4n) is 13.1. The van der Waals surface area contributed by atoms with E-state index in [1.165, 1.54) is 43.1 Å². The Hall–Kier alpha value is -11.4. The van der Waals surface area contributed by atoms with Crippen molar-refractivity contribution in [3.63, 3.8) is 0 Å². The zero-order chi connectivity index (χ0) is 53.4. The number of hydrogen-bond acceptors (Lipinski definition) is 3. The summed E-state index contributed by atoms with van der Waals surface area (Å²) in [4.78, 5) is 0. The van der Waals surface area contributed by atoms with Gasteiger partial charge in [-0.3, -0.25) is 0 Å². The molecule has 0 fully saturated rings. The van der Waals surface area contributed by atoms with Crippen molar-refractivity contribution in [1.82, 2.24) is 18.3 Å². The number of fused-ring (bicyclic) bond motifs is 15. The van der Waals surface area contributed by atoms with E-state index in [4.69, 9.17) is 4.42 Å². The summed E-state index contributed by atoms with van der Waals surface area (Å²) >= 11 is 0. The molecule has 0 aliphatic carbocycles. The van der Waals surface area contributed by atoms with Gasteiger partial charge in [-0.25, -0.2) is 0 Å². The highest BCUT2D eigenvalue weighted by Crippen LogP contribution is 2.42. The highest BCUT2D eigenvalue weighted by molar-refractivity contribution is 6.15. The van der Waals surface area contributed by atoms with Gasteiger partial charge < -0.3 is 22.7 Å². The SMILES string of the molecule is N#Cc1ccc(-n2c3ccccc3c3cc(-c4ccc5c(c4)c4ccccc4n5-c4ccc5c(c4)oc4cc(-n6c7ccccc7c7cc(-c8ccc9c(c8)c8ccccc8n9-c8ccc(C#N)cc8)ccc76)ccc45)ccc32)cc1. The average Bonchev–Trinajstić information content (AvgIpc) is 4.52. The summed E-state index contributed by atoms with van der Waals surface area (Å²) in [6.45, 7) is 0. The molecule has 81 heavy (non-hydrogen) atoms. The van der Waals surface area contributed by atoms with E-state index in [9.17, 15) is 10.5 Å². The van der Waals surface area contributed by atoms with Crippen LogP contribution in [-0.4, -0.2) is 18.3 Å². The molecule has 0 unspecified atom stereocenters. The first kappa shape index (κ1) is 44.7.